The lowest BCUT2D eigenvalue weighted by Gasteiger charge is -2.63. The molecule has 4 aliphatic rings. The van der Waals surface area contributed by atoms with Crippen molar-refractivity contribution < 1.29 is 9.84 Å². The number of aliphatic imine (C=N–C) groups is 1. The molecular weight excluding hydrogens is 417 g/mol. The summed E-state index contributed by atoms with van der Waals surface area (Å²) >= 11 is 0. The fourth-order valence-electron chi connectivity index (χ4n) is 5.31. The number of aliphatic hydroxyl groups is 1. The van der Waals surface area contributed by atoms with Crippen LogP contribution in [0.1, 0.15) is 58.3 Å². The number of nitrogens with one attached hydrogen (secondary N) is 2. The number of rotatable bonds is 3. The zero-order valence-electron chi connectivity index (χ0n) is 14.7. The first kappa shape index (κ1) is 18.7. The zero-order chi connectivity index (χ0) is 15.9. The third-order valence-corrected chi connectivity index (χ3v) is 6.68. The van der Waals surface area contributed by atoms with Crippen molar-refractivity contribution in [2.75, 3.05) is 13.2 Å². The van der Waals surface area contributed by atoms with E-state index in [2.05, 4.69) is 22.5 Å². The van der Waals surface area contributed by atoms with Gasteiger partial charge in [0, 0.05) is 36.6 Å². The van der Waals surface area contributed by atoms with Gasteiger partial charge in [-0.05, 0) is 51.9 Å². The topological polar surface area (TPSA) is 65.9 Å². The van der Waals surface area contributed by atoms with Gasteiger partial charge in [-0.15, -0.1) is 24.0 Å². The van der Waals surface area contributed by atoms with Crippen LogP contribution in [0.2, 0.25) is 0 Å². The number of nitrogens with zero attached hydrogens (tertiary/aromatic N) is 1. The Morgan fingerprint density at radius 2 is 1.92 bits per heavy atom. The van der Waals surface area contributed by atoms with Crippen LogP contribution in [0.3, 0.4) is 0 Å². The van der Waals surface area contributed by atoms with Crippen molar-refractivity contribution in [3.63, 3.8) is 0 Å². The molecule has 3 atom stereocenters. The van der Waals surface area contributed by atoms with Crippen LogP contribution in [-0.2, 0) is 4.74 Å². The fourth-order valence-corrected chi connectivity index (χ4v) is 5.31. The molecule has 1 aliphatic heterocycles. The second-order valence-corrected chi connectivity index (χ2v) is 7.93. The number of halogens is 1. The monoisotopic (exact) mass is 449 g/mol. The molecule has 4 fully saturated rings. The lowest BCUT2D eigenvalue weighted by atomic mass is 9.46. The molecule has 1 heterocycles. The molecular formula is C18H32IN3O2. The third-order valence-electron chi connectivity index (χ3n) is 6.68. The highest BCUT2D eigenvalue weighted by Gasteiger charge is 2.66. The predicted molar refractivity (Wildman–Crippen MR) is 106 cm³/mol. The Morgan fingerprint density at radius 1 is 1.17 bits per heavy atom. The number of hydrogen-bond acceptors (Lipinski definition) is 3. The lowest BCUT2D eigenvalue weighted by Crippen LogP contribution is -2.72. The molecule has 138 valence electrons. The van der Waals surface area contributed by atoms with Gasteiger partial charge in [-0.3, -0.25) is 4.99 Å². The van der Waals surface area contributed by atoms with E-state index in [1.54, 1.807) is 0 Å². The second kappa shape index (κ2) is 7.66. The number of hydrogen-bond donors (Lipinski definition) is 3. The van der Waals surface area contributed by atoms with Crippen molar-refractivity contribution in [3.05, 3.63) is 0 Å². The quantitative estimate of drug-likeness (QED) is 0.352. The maximum atomic E-state index is 9.68. The van der Waals surface area contributed by atoms with E-state index < -0.39 is 0 Å². The standard InChI is InChI=1S/C18H31N3O2.HI/c1-2-19-17(20-12-4-6-13(22)7-5-12)21-15-14-8-11-23-16(14)18(15)9-3-10-18;/h12-16,22H,2-11H2,1H3,(H2,19,20,21);1H. The minimum Gasteiger partial charge on any atom is -0.393 e. The van der Waals surface area contributed by atoms with Crippen molar-refractivity contribution >= 4 is 29.9 Å². The van der Waals surface area contributed by atoms with E-state index in [1.807, 2.05) is 0 Å². The highest BCUT2D eigenvalue weighted by Crippen LogP contribution is 2.62. The van der Waals surface area contributed by atoms with Crippen molar-refractivity contribution in [2.45, 2.75) is 82.6 Å². The van der Waals surface area contributed by atoms with Crippen LogP contribution in [0.5, 0.6) is 0 Å². The molecule has 3 unspecified atom stereocenters. The number of fused-ring (bicyclic) bond motifs is 2. The summed E-state index contributed by atoms with van der Waals surface area (Å²) in [6.45, 7) is 3.83. The summed E-state index contributed by atoms with van der Waals surface area (Å²) in [5, 5.41) is 17.1. The van der Waals surface area contributed by atoms with Gasteiger partial charge in [0.15, 0.2) is 5.96 Å². The summed E-state index contributed by atoms with van der Waals surface area (Å²) in [4.78, 5) is 4.69. The van der Waals surface area contributed by atoms with Gasteiger partial charge in [-0.1, -0.05) is 6.42 Å². The van der Waals surface area contributed by atoms with Crippen LogP contribution in [0.15, 0.2) is 4.99 Å². The van der Waals surface area contributed by atoms with E-state index in [4.69, 9.17) is 4.74 Å². The molecule has 0 aromatic rings. The summed E-state index contributed by atoms with van der Waals surface area (Å²) in [7, 11) is 0. The van der Waals surface area contributed by atoms with Gasteiger partial charge in [0.25, 0.3) is 0 Å². The van der Waals surface area contributed by atoms with Crippen LogP contribution in [0.25, 0.3) is 0 Å². The molecule has 24 heavy (non-hydrogen) atoms. The molecule has 3 saturated carbocycles. The maximum Gasteiger partial charge on any atom is 0.191 e. The number of aliphatic hydroxyl groups excluding tert-OH is 1. The molecule has 0 bridgehead atoms. The van der Waals surface area contributed by atoms with Gasteiger partial charge >= 0.3 is 0 Å². The van der Waals surface area contributed by atoms with Gasteiger partial charge in [-0.2, -0.15) is 0 Å². The molecule has 5 nitrogen and oxygen atoms in total. The van der Waals surface area contributed by atoms with Crippen LogP contribution < -0.4 is 10.6 Å². The van der Waals surface area contributed by atoms with Crippen molar-refractivity contribution in [1.82, 2.24) is 10.6 Å². The Hall–Kier alpha value is -0.0800. The average Bonchev–Trinajstić information content (AvgIpc) is 2.91. The molecule has 3 aliphatic carbocycles. The van der Waals surface area contributed by atoms with Gasteiger partial charge in [0.2, 0.25) is 0 Å². The highest BCUT2D eigenvalue weighted by atomic mass is 127. The molecule has 0 radical (unpaired) electrons. The van der Waals surface area contributed by atoms with Gasteiger partial charge in [0.05, 0.1) is 12.2 Å². The van der Waals surface area contributed by atoms with Gasteiger partial charge < -0.3 is 20.5 Å². The van der Waals surface area contributed by atoms with Crippen molar-refractivity contribution in [2.24, 2.45) is 16.3 Å². The molecule has 0 aromatic carbocycles. The third kappa shape index (κ3) is 3.18. The van der Waals surface area contributed by atoms with Crippen molar-refractivity contribution in [1.29, 1.82) is 0 Å². The minimum absolute atomic E-state index is 0. The summed E-state index contributed by atoms with van der Waals surface area (Å²) in [6.07, 6.45) is 9.44. The Morgan fingerprint density at radius 3 is 2.54 bits per heavy atom. The molecule has 1 spiro atoms. The number of guanidine groups is 1. The van der Waals surface area contributed by atoms with Crippen molar-refractivity contribution in [3.8, 4) is 0 Å². The van der Waals surface area contributed by atoms with Crippen LogP contribution in [0, 0.1) is 11.3 Å². The fraction of sp³-hybridized carbons (Fsp3) is 0.944. The first-order valence-electron chi connectivity index (χ1n) is 9.60. The normalized spacial score (nSPS) is 40.1. The summed E-state index contributed by atoms with van der Waals surface area (Å²) in [6, 6.07) is 0.986. The van der Waals surface area contributed by atoms with Gasteiger partial charge in [0.1, 0.15) is 0 Å². The van der Waals surface area contributed by atoms with E-state index in [9.17, 15) is 5.11 Å². The molecule has 4 rings (SSSR count). The Balaban J connectivity index is 0.00000169. The highest BCUT2D eigenvalue weighted by molar-refractivity contribution is 14.0. The SMILES string of the molecule is CCN=C(NC1CCC(O)CC1)NC1C2CCOC2C12CCC2.I. The summed E-state index contributed by atoms with van der Waals surface area (Å²) in [5.74, 6) is 1.66. The summed E-state index contributed by atoms with van der Waals surface area (Å²) in [5.41, 5.74) is 0.389. The van der Waals surface area contributed by atoms with Crippen LogP contribution in [-0.4, -0.2) is 48.5 Å². The Labute approximate surface area is 162 Å². The minimum atomic E-state index is -0.103. The largest absolute Gasteiger partial charge is 0.393 e. The Bertz CT molecular complexity index is 461. The first-order chi connectivity index (χ1) is 11.2. The van der Waals surface area contributed by atoms with Gasteiger partial charge in [-0.25, -0.2) is 0 Å². The molecule has 3 N–H and O–H groups in total. The van der Waals surface area contributed by atoms with E-state index >= 15 is 0 Å². The predicted octanol–water partition coefficient (Wildman–Crippen LogP) is 2.42. The Kier molecular flexibility index (Phi) is 5.97. The van der Waals surface area contributed by atoms with E-state index in [1.165, 1.54) is 25.7 Å². The zero-order valence-corrected chi connectivity index (χ0v) is 17.0. The van der Waals surface area contributed by atoms with E-state index in [0.29, 0.717) is 29.5 Å². The molecule has 1 saturated heterocycles. The maximum absolute atomic E-state index is 9.68. The van der Waals surface area contributed by atoms with E-state index in [0.717, 1.165) is 44.8 Å². The molecule has 6 heteroatoms. The molecule has 0 aromatic heterocycles. The second-order valence-electron chi connectivity index (χ2n) is 7.93. The van der Waals surface area contributed by atoms with E-state index in [-0.39, 0.29) is 30.1 Å². The average molecular weight is 449 g/mol. The first-order valence-corrected chi connectivity index (χ1v) is 9.60. The smallest absolute Gasteiger partial charge is 0.191 e. The molecule has 0 amide bonds. The van der Waals surface area contributed by atoms with Crippen LogP contribution >= 0.6 is 24.0 Å². The van der Waals surface area contributed by atoms with Crippen LogP contribution in [0.4, 0.5) is 0 Å². The summed E-state index contributed by atoms with van der Waals surface area (Å²) < 4.78 is 6.02. The lowest BCUT2D eigenvalue weighted by molar-refractivity contribution is -0.171. The number of ether oxygens (including phenoxy) is 1.